The van der Waals surface area contributed by atoms with Gasteiger partial charge in [0.25, 0.3) is 0 Å². The highest BCUT2D eigenvalue weighted by molar-refractivity contribution is 5.92. The maximum Gasteiger partial charge on any atom is 0.248 e. The Morgan fingerprint density at radius 3 is 2.50 bits per heavy atom. The number of nitrogens with zero attached hydrogens (tertiary/aromatic N) is 2. The van der Waals surface area contributed by atoms with E-state index in [1.807, 2.05) is 20.8 Å². The molecule has 2 atom stereocenters. The summed E-state index contributed by atoms with van der Waals surface area (Å²) in [6.45, 7) is 5.87. The van der Waals surface area contributed by atoms with Crippen LogP contribution < -0.4 is 22.6 Å². The van der Waals surface area contributed by atoms with Crippen molar-refractivity contribution in [1.82, 2.24) is 15.2 Å². The molecule has 3 amide bonds. The number of carbonyl (C=O) groups is 3. The predicted molar refractivity (Wildman–Crippen MR) is 89.5 cm³/mol. The topological polar surface area (TPSA) is 148 Å². The standard InChI is InChI=1S/C15H28N6O3/c1-15(2,3)12(21(18)8-6-16)14(24)20-7-4-5-10(20)13(23)19-9-11(17)22/h6,8,10,12H,4-5,7,9,16,18H2,1-3H3,(H2,17,22)(H,19,23)/b8-6-. The number of hydrogen-bond donors (Lipinski definition) is 4. The Morgan fingerprint density at radius 2 is 2.00 bits per heavy atom. The summed E-state index contributed by atoms with van der Waals surface area (Å²) in [5.41, 5.74) is 9.94. The number of nitrogens with one attached hydrogen (secondary N) is 1. The van der Waals surface area contributed by atoms with Crippen molar-refractivity contribution in [3.05, 3.63) is 12.4 Å². The first-order chi connectivity index (χ1) is 11.1. The van der Waals surface area contributed by atoms with E-state index in [9.17, 15) is 14.4 Å². The lowest BCUT2D eigenvalue weighted by atomic mass is 9.85. The van der Waals surface area contributed by atoms with Gasteiger partial charge in [-0.05, 0) is 18.3 Å². The van der Waals surface area contributed by atoms with Crippen molar-refractivity contribution >= 4 is 17.7 Å². The van der Waals surface area contributed by atoms with E-state index in [2.05, 4.69) is 5.32 Å². The molecule has 9 nitrogen and oxygen atoms in total. The second-order valence-corrected chi connectivity index (χ2v) is 6.93. The molecule has 1 fully saturated rings. The first-order valence-electron chi connectivity index (χ1n) is 7.87. The molecule has 1 saturated heterocycles. The molecule has 1 rings (SSSR count). The minimum atomic E-state index is -0.679. The summed E-state index contributed by atoms with van der Waals surface area (Å²) in [6, 6.07) is -1.31. The van der Waals surface area contributed by atoms with Crippen LogP contribution in [0.1, 0.15) is 33.6 Å². The number of hydrogen-bond acceptors (Lipinski definition) is 6. The summed E-state index contributed by atoms with van der Waals surface area (Å²) >= 11 is 0. The van der Waals surface area contributed by atoms with Gasteiger partial charge in [0.2, 0.25) is 17.7 Å². The minimum Gasteiger partial charge on any atom is -0.403 e. The third-order valence-corrected chi connectivity index (χ3v) is 3.89. The summed E-state index contributed by atoms with van der Waals surface area (Å²) in [4.78, 5) is 37.6. The Kier molecular flexibility index (Phi) is 6.59. The van der Waals surface area contributed by atoms with Crippen molar-refractivity contribution in [1.29, 1.82) is 0 Å². The van der Waals surface area contributed by atoms with Crippen LogP contribution in [0.15, 0.2) is 12.4 Å². The van der Waals surface area contributed by atoms with Crippen molar-refractivity contribution in [2.24, 2.45) is 22.7 Å². The van der Waals surface area contributed by atoms with Gasteiger partial charge in [-0.1, -0.05) is 20.8 Å². The van der Waals surface area contributed by atoms with Crippen LogP contribution in [-0.2, 0) is 14.4 Å². The van der Waals surface area contributed by atoms with Crippen LogP contribution in [-0.4, -0.2) is 52.8 Å². The molecule has 0 spiro atoms. The normalized spacial score (nSPS) is 19.3. The quantitative estimate of drug-likeness (QED) is 0.345. The predicted octanol–water partition coefficient (Wildman–Crippen LogP) is -1.40. The lowest BCUT2D eigenvalue weighted by Crippen LogP contribution is -2.58. The third-order valence-electron chi connectivity index (χ3n) is 3.89. The molecule has 7 N–H and O–H groups in total. The van der Waals surface area contributed by atoms with Gasteiger partial charge in [-0.3, -0.25) is 14.4 Å². The number of primary amides is 1. The zero-order valence-electron chi connectivity index (χ0n) is 14.5. The van der Waals surface area contributed by atoms with Gasteiger partial charge in [0.05, 0.1) is 6.54 Å². The van der Waals surface area contributed by atoms with Gasteiger partial charge in [0.1, 0.15) is 12.1 Å². The molecule has 24 heavy (non-hydrogen) atoms. The maximum absolute atomic E-state index is 13.0. The zero-order chi connectivity index (χ0) is 18.5. The van der Waals surface area contributed by atoms with Gasteiger partial charge in [-0.2, -0.15) is 0 Å². The molecular formula is C15H28N6O3. The summed E-state index contributed by atoms with van der Waals surface area (Å²) in [5.74, 6) is 4.69. The molecule has 0 bridgehead atoms. The smallest absolute Gasteiger partial charge is 0.248 e. The van der Waals surface area contributed by atoms with Crippen molar-refractivity contribution < 1.29 is 14.4 Å². The molecular weight excluding hydrogens is 312 g/mol. The second-order valence-electron chi connectivity index (χ2n) is 6.93. The molecule has 0 aliphatic carbocycles. The molecule has 1 aliphatic rings. The van der Waals surface area contributed by atoms with E-state index in [0.29, 0.717) is 19.4 Å². The second kappa shape index (κ2) is 8.00. The Labute approximate surface area is 142 Å². The fraction of sp³-hybridized carbons (Fsp3) is 0.667. The average molecular weight is 340 g/mol. The lowest BCUT2D eigenvalue weighted by molar-refractivity contribution is -0.145. The highest BCUT2D eigenvalue weighted by Crippen LogP contribution is 2.28. The summed E-state index contributed by atoms with van der Waals surface area (Å²) < 4.78 is 0. The van der Waals surface area contributed by atoms with Crippen molar-refractivity contribution in [3.8, 4) is 0 Å². The van der Waals surface area contributed by atoms with Gasteiger partial charge in [0, 0.05) is 18.9 Å². The Hall–Kier alpha value is -2.29. The van der Waals surface area contributed by atoms with Crippen LogP contribution in [0.2, 0.25) is 0 Å². The number of nitrogens with two attached hydrogens (primary N) is 3. The Morgan fingerprint density at radius 1 is 1.38 bits per heavy atom. The first-order valence-corrected chi connectivity index (χ1v) is 7.87. The number of hydrazine groups is 1. The van der Waals surface area contributed by atoms with Crippen LogP contribution in [0.25, 0.3) is 0 Å². The molecule has 0 aromatic heterocycles. The Bertz CT molecular complexity index is 514. The van der Waals surface area contributed by atoms with Crippen LogP contribution in [0.4, 0.5) is 0 Å². The van der Waals surface area contributed by atoms with Crippen LogP contribution >= 0.6 is 0 Å². The molecule has 136 valence electrons. The van der Waals surface area contributed by atoms with Gasteiger partial charge in [-0.25, -0.2) is 5.84 Å². The molecule has 0 radical (unpaired) electrons. The van der Waals surface area contributed by atoms with E-state index in [1.54, 1.807) is 0 Å². The molecule has 1 aliphatic heterocycles. The third kappa shape index (κ3) is 4.85. The molecule has 0 aromatic rings. The van der Waals surface area contributed by atoms with Crippen LogP contribution in [0.5, 0.6) is 0 Å². The van der Waals surface area contributed by atoms with Gasteiger partial charge in [0.15, 0.2) is 0 Å². The van der Waals surface area contributed by atoms with Gasteiger partial charge in [-0.15, -0.1) is 0 Å². The summed E-state index contributed by atoms with van der Waals surface area (Å²) in [6.07, 6.45) is 3.91. The van der Waals surface area contributed by atoms with E-state index in [-0.39, 0.29) is 18.4 Å². The molecule has 0 aromatic carbocycles. The number of amides is 3. The fourth-order valence-corrected chi connectivity index (χ4v) is 2.88. The van der Waals surface area contributed by atoms with Crippen molar-refractivity contribution in [2.75, 3.05) is 13.1 Å². The lowest BCUT2D eigenvalue weighted by Gasteiger charge is -2.39. The minimum absolute atomic E-state index is 0.250. The van der Waals surface area contributed by atoms with Crippen molar-refractivity contribution in [2.45, 2.75) is 45.7 Å². The van der Waals surface area contributed by atoms with E-state index in [4.69, 9.17) is 17.3 Å². The van der Waals surface area contributed by atoms with E-state index in [0.717, 1.165) is 0 Å². The summed E-state index contributed by atoms with van der Waals surface area (Å²) in [5, 5.41) is 3.72. The first kappa shape index (κ1) is 19.8. The number of carbonyl (C=O) groups excluding carboxylic acids is 3. The SMILES string of the molecule is CC(C)(C)C(C(=O)N1CCCC1C(=O)NCC(N)=O)N(N)/C=C\N. The van der Waals surface area contributed by atoms with E-state index < -0.39 is 23.4 Å². The van der Waals surface area contributed by atoms with Gasteiger partial charge >= 0.3 is 0 Å². The molecule has 0 saturated carbocycles. The monoisotopic (exact) mass is 340 g/mol. The van der Waals surface area contributed by atoms with Gasteiger partial charge < -0.3 is 26.7 Å². The van der Waals surface area contributed by atoms with E-state index >= 15 is 0 Å². The number of rotatable bonds is 6. The van der Waals surface area contributed by atoms with Crippen molar-refractivity contribution in [3.63, 3.8) is 0 Å². The van der Waals surface area contributed by atoms with Crippen LogP contribution in [0, 0.1) is 5.41 Å². The number of likely N-dealkylation sites (tertiary alicyclic amines) is 1. The largest absolute Gasteiger partial charge is 0.403 e. The highest BCUT2D eigenvalue weighted by atomic mass is 16.2. The zero-order valence-corrected chi connectivity index (χ0v) is 14.5. The average Bonchev–Trinajstić information content (AvgIpc) is 2.92. The maximum atomic E-state index is 13.0. The van der Waals surface area contributed by atoms with E-state index in [1.165, 1.54) is 22.3 Å². The van der Waals surface area contributed by atoms with Crippen LogP contribution in [0.3, 0.4) is 0 Å². The molecule has 2 unspecified atom stereocenters. The fourth-order valence-electron chi connectivity index (χ4n) is 2.88. The Balaban J connectivity index is 2.96. The summed E-state index contributed by atoms with van der Waals surface area (Å²) in [7, 11) is 0. The molecule has 1 heterocycles. The molecule has 9 heteroatoms. The highest BCUT2D eigenvalue weighted by Gasteiger charge is 2.42.